The molecule has 4 N–H and O–H groups in total. The van der Waals surface area contributed by atoms with Gasteiger partial charge in [-0.3, -0.25) is 15.0 Å². The average molecular weight is 497 g/mol. The van der Waals surface area contributed by atoms with Crippen LogP contribution in [0, 0.1) is 5.41 Å². The Kier molecular flexibility index (Phi) is 7.55. The highest BCUT2D eigenvalue weighted by atomic mass is 35.5. The first-order valence-corrected chi connectivity index (χ1v) is 12.1. The first kappa shape index (κ1) is 24.5. The molecule has 2 amide bonds. The van der Waals surface area contributed by atoms with Gasteiger partial charge < -0.3 is 25.3 Å². The van der Waals surface area contributed by atoms with E-state index in [9.17, 15) is 9.59 Å². The quantitative estimate of drug-likeness (QED) is 0.148. The molecule has 1 aromatic heterocycles. The molecule has 2 heterocycles. The van der Waals surface area contributed by atoms with E-state index in [1.54, 1.807) is 12.1 Å². The van der Waals surface area contributed by atoms with Crippen LogP contribution in [-0.2, 0) is 13.6 Å². The highest BCUT2D eigenvalue weighted by Gasteiger charge is 2.28. The average Bonchev–Trinajstić information content (AvgIpc) is 3.41. The summed E-state index contributed by atoms with van der Waals surface area (Å²) < 4.78 is 7.72. The molecule has 0 fully saturated rings. The van der Waals surface area contributed by atoms with Gasteiger partial charge in [-0.1, -0.05) is 18.2 Å². The van der Waals surface area contributed by atoms with Crippen LogP contribution in [0.2, 0.25) is 0 Å². The van der Waals surface area contributed by atoms with E-state index < -0.39 is 6.04 Å². The Hall–Kier alpha value is -3.59. The SMILES string of the molecule is CCOc1cccc2c1nc(C(CCCNC(=N)CCl)NC(=O)c1cccc3c1C(=O)NC3)n2C. The van der Waals surface area contributed by atoms with Crippen LogP contribution in [0.15, 0.2) is 36.4 Å². The number of aryl methyl sites for hydroxylation is 1. The summed E-state index contributed by atoms with van der Waals surface area (Å²) in [6.45, 7) is 3.40. The van der Waals surface area contributed by atoms with Crippen molar-refractivity contribution >= 4 is 40.3 Å². The van der Waals surface area contributed by atoms with Crippen molar-refractivity contribution in [2.24, 2.45) is 7.05 Å². The van der Waals surface area contributed by atoms with Crippen molar-refractivity contribution in [2.45, 2.75) is 32.4 Å². The van der Waals surface area contributed by atoms with E-state index in [0.717, 1.165) is 16.6 Å². The number of hydrogen-bond donors (Lipinski definition) is 4. The lowest BCUT2D eigenvalue weighted by molar-refractivity contribution is 0.0912. The summed E-state index contributed by atoms with van der Waals surface area (Å²) in [4.78, 5) is 30.6. The molecular formula is C25H29ClN6O3. The van der Waals surface area contributed by atoms with Crippen LogP contribution in [0.3, 0.4) is 0 Å². The Balaban J connectivity index is 1.65. The minimum absolute atomic E-state index is 0.117. The Morgan fingerprint density at radius 2 is 2.11 bits per heavy atom. The Morgan fingerprint density at radius 3 is 2.89 bits per heavy atom. The summed E-state index contributed by atoms with van der Waals surface area (Å²) in [5.41, 5.74) is 3.20. The maximum Gasteiger partial charge on any atom is 0.252 e. The number of benzene rings is 2. The van der Waals surface area contributed by atoms with Crippen molar-refractivity contribution in [2.75, 3.05) is 19.0 Å². The Morgan fingerprint density at radius 1 is 1.31 bits per heavy atom. The number of halogens is 1. The number of ether oxygens (including phenoxy) is 1. The number of nitrogens with zero attached hydrogens (tertiary/aromatic N) is 2. The predicted molar refractivity (Wildman–Crippen MR) is 135 cm³/mol. The van der Waals surface area contributed by atoms with Gasteiger partial charge in [-0.15, -0.1) is 11.6 Å². The van der Waals surface area contributed by atoms with Crippen molar-refractivity contribution in [3.05, 3.63) is 58.9 Å². The number of hydrogen-bond acceptors (Lipinski definition) is 5. The zero-order valence-corrected chi connectivity index (χ0v) is 20.5. The second-order valence-electron chi connectivity index (χ2n) is 8.32. The van der Waals surface area contributed by atoms with Crippen molar-refractivity contribution in [3.8, 4) is 5.75 Å². The molecule has 1 aliphatic rings. The molecule has 35 heavy (non-hydrogen) atoms. The molecule has 0 bridgehead atoms. The highest BCUT2D eigenvalue weighted by Crippen LogP contribution is 2.29. The molecule has 1 aliphatic heterocycles. The van der Waals surface area contributed by atoms with Crippen LogP contribution in [0.4, 0.5) is 0 Å². The third kappa shape index (κ3) is 5.09. The van der Waals surface area contributed by atoms with Crippen LogP contribution < -0.4 is 20.7 Å². The minimum atomic E-state index is -0.429. The van der Waals surface area contributed by atoms with Crippen LogP contribution in [0.25, 0.3) is 11.0 Å². The van der Waals surface area contributed by atoms with E-state index in [2.05, 4.69) is 16.0 Å². The number of amides is 2. The maximum atomic E-state index is 13.4. The summed E-state index contributed by atoms with van der Waals surface area (Å²) in [5.74, 6) is 1.17. The van der Waals surface area contributed by atoms with E-state index in [0.29, 0.717) is 55.2 Å². The molecule has 1 atom stereocenters. The van der Waals surface area contributed by atoms with Crippen LogP contribution >= 0.6 is 11.6 Å². The standard InChI is InChI=1S/C25H29ClN6O3/c1-3-35-19-11-5-10-18-22(19)31-23(32(18)2)17(9-6-12-28-20(27)13-26)30-24(33)16-8-4-7-15-14-29-25(34)21(15)16/h4-5,7-8,10-11,17H,3,6,9,12-14H2,1-2H3,(H2,27,28)(H,29,34)(H,30,33). The third-order valence-corrected chi connectivity index (χ3v) is 6.30. The van der Waals surface area contributed by atoms with Gasteiger partial charge in [-0.2, -0.15) is 0 Å². The van der Waals surface area contributed by atoms with Gasteiger partial charge in [0.05, 0.1) is 35.2 Å². The topological polar surface area (TPSA) is 121 Å². The lowest BCUT2D eigenvalue weighted by atomic mass is 10.0. The highest BCUT2D eigenvalue weighted by molar-refractivity contribution is 6.27. The molecule has 0 aliphatic carbocycles. The first-order valence-electron chi connectivity index (χ1n) is 11.6. The van der Waals surface area contributed by atoms with Gasteiger partial charge in [0.25, 0.3) is 11.8 Å². The number of imidazole rings is 1. The normalized spacial score (nSPS) is 13.3. The molecule has 0 radical (unpaired) electrons. The van der Waals surface area contributed by atoms with Crippen molar-refractivity contribution in [1.29, 1.82) is 5.41 Å². The summed E-state index contributed by atoms with van der Waals surface area (Å²) >= 11 is 5.69. The number of carbonyl (C=O) groups excluding carboxylic acids is 2. The molecule has 9 nitrogen and oxygen atoms in total. The van der Waals surface area contributed by atoms with E-state index in [4.69, 9.17) is 26.7 Å². The number of alkyl halides is 1. The molecular weight excluding hydrogens is 468 g/mol. The van der Waals surface area contributed by atoms with E-state index in [1.807, 2.05) is 42.8 Å². The zero-order valence-electron chi connectivity index (χ0n) is 19.8. The number of amidine groups is 1. The number of carbonyl (C=O) groups is 2. The largest absolute Gasteiger partial charge is 0.492 e. The van der Waals surface area contributed by atoms with Gasteiger partial charge in [0.2, 0.25) is 0 Å². The second kappa shape index (κ2) is 10.8. The van der Waals surface area contributed by atoms with Gasteiger partial charge in [0.15, 0.2) is 0 Å². The zero-order chi connectivity index (χ0) is 24.9. The van der Waals surface area contributed by atoms with E-state index in [1.165, 1.54) is 0 Å². The molecule has 1 unspecified atom stereocenters. The lowest BCUT2D eigenvalue weighted by Gasteiger charge is -2.20. The molecule has 2 aromatic carbocycles. The van der Waals surface area contributed by atoms with Crippen LogP contribution in [0.5, 0.6) is 5.75 Å². The molecule has 4 rings (SSSR count). The number of fused-ring (bicyclic) bond motifs is 2. The molecule has 0 saturated heterocycles. The van der Waals surface area contributed by atoms with Crippen molar-refractivity contribution < 1.29 is 14.3 Å². The molecule has 0 saturated carbocycles. The Labute approximate surface area is 208 Å². The van der Waals surface area contributed by atoms with Gasteiger partial charge in [-0.05, 0) is 43.5 Å². The molecule has 3 aromatic rings. The van der Waals surface area contributed by atoms with Gasteiger partial charge in [0, 0.05) is 20.1 Å². The number of nitrogens with one attached hydrogen (secondary N) is 4. The number of rotatable bonds is 10. The number of aromatic nitrogens is 2. The fourth-order valence-corrected chi connectivity index (χ4v) is 4.45. The van der Waals surface area contributed by atoms with Crippen LogP contribution in [-0.4, -0.2) is 46.2 Å². The third-order valence-electron chi connectivity index (χ3n) is 6.03. The predicted octanol–water partition coefficient (Wildman–Crippen LogP) is 3.27. The summed E-state index contributed by atoms with van der Waals surface area (Å²) in [6.07, 6.45) is 1.23. The fourth-order valence-electron chi connectivity index (χ4n) is 4.35. The maximum absolute atomic E-state index is 13.4. The Bertz CT molecular complexity index is 1270. The lowest BCUT2D eigenvalue weighted by Crippen LogP contribution is -2.32. The molecule has 0 spiro atoms. The summed E-state index contributed by atoms with van der Waals surface area (Å²) in [5, 5.41) is 16.5. The summed E-state index contributed by atoms with van der Waals surface area (Å²) in [6, 6.07) is 10.6. The minimum Gasteiger partial charge on any atom is -0.492 e. The van der Waals surface area contributed by atoms with Gasteiger partial charge in [-0.25, -0.2) is 4.98 Å². The van der Waals surface area contributed by atoms with Crippen molar-refractivity contribution in [3.63, 3.8) is 0 Å². The molecule has 184 valence electrons. The van der Waals surface area contributed by atoms with E-state index in [-0.39, 0.29) is 23.5 Å². The summed E-state index contributed by atoms with van der Waals surface area (Å²) in [7, 11) is 1.91. The first-order chi connectivity index (χ1) is 16.9. The smallest absolute Gasteiger partial charge is 0.252 e. The monoisotopic (exact) mass is 496 g/mol. The van der Waals surface area contributed by atoms with Crippen LogP contribution in [0.1, 0.15) is 57.9 Å². The number of para-hydroxylation sites is 1. The van der Waals surface area contributed by atoms with Gasteiger partial charge in [0.1, 0.15) is 22.9 Å². The second-order valence-corrected chi connectivity index (χ2v) is 8.58. The van der Waals surface area contributed by atoms with E-state index >= 15 is 0 Å². The van der Waals surface area contributed by atoms with Crippen molar-refractivity contribution in [1.82, 2.24) is 25.5 Å². The van der Waals surface area contributed by atoms with Gasteiger partial charge >= 0.3 is 0 Å². The fraction of sp³-hybridized carbons (Fsp3) is 0.360. The molecule has 10 heteroatoms.